The molecule has 0 bridgehead atoms. The average Bonchev–Trinajstić information content (AvgIpc) is 3.52. The van der Waals surface area contributed by atoms with Crippen molar-refractivity contribution in [3.8, 4) is 22.3 Å². The van der Waals surface area contributed by atoms with Crippen LogP contribution >= 0.6 is 11.3 Å². The normalized spacial score (nSPS) is 11.5. The Morgan fingerprint density at radius 1 is 0.457 bits per heavy atom. The molecular weight excluding hydrogens is 577 g/mol. The van der Waals surface area contributed by atoms with Gasteiger partial charge < -0.3 is 4.90 Å². The lowest BCUT2D eigenvalue weighted by Crippen LogP contribution is -2.10. The molecule has 0 aliphatic rings. The first-order valence-electron chi connectivity index (χ1n) is 15.5. The van der Waals surface area contributed by atoms with Crippen LogP contribution in [-0.2, 0) is 0 Å². The Kier molecular flexibility index (Phi) is 6.36. The molecule has 0 saturated carbocycles. The summed E-state index contributed by atoms with van der Waals surface area (Å²) in [6.45, 7) is 0. The maximum Gasteiger partial charge on any atom is 0.0909 e. The van der Waals surface area contributed by atoms with Crippen molar-refractivity contribution in [1.29, 1.82) is 0 Å². The molecular formula is C43H28N2S. The van der Waals surface area contributed by atoms with Crippen LogP contribution in [0.1, 0.15) is 0 Å². The van der Waals surface area contributed by atoms with E-state index in [4.69, 9.17) is 4.98 Å². The zero-order valence-electron chi connectivity index (χ0n) is 25.0. The molecule has 0 N–H and O–H groups in total. The number of anilines is 3. The summed E-state index contributed by atoms with van der Waals surface area (Å²) in [5.74, 6) is 0. The van der Waals surface area contributed by atoms with Crippen molar-refractivity contribution in [2.24, 2.45) is 0 Å². The van der Waals surface area contributed by atoms with E-state index in [1.807, 2.05) is 6.20 Å². The van der Waals surface area contributed by atoms with Gasteiger partial charge in [-0.2, -0.15) is 0 Å². The van der Waals surface area contributed by atoms with Crippen LogP contribution in [0.15, 0.2) is 170 Å². The maximum absolute atomic E-state index is 4.84. The maximum atomic E-state index is 4.84. The van der Waals surface area contributed by atoms with Crippen molar-refractivity contribution in [1.82, 2.24) is 4.98 Å². The van der Waals surface area contributed by atoms with Gasteiger partial charge in [-0.25, -0.2) is 0 Å². The standard InChI is InChI=1S/C43H28N2S/c1-2-10-29(11-3-1)30-18-22-33(23-19-30)45(40-26-27-44-42-38-16-8-9-17-41(38)46-43(40)42)34-24-20-31(21-25-34)39-28-32-12-4-5-13-35(32)36-14-6-7-15-37(36)39/h1-28H. The number of benzene rings is 7. The van der Waals surface area contributed by atoms with Gasteiger partial charge in [0.15, 0.2) is 0 Å². The Bertz CT molecular complexity index is 2510. The van der Waals surface area contributed by atoms with Gasteiger partial charge >= 0.3 is 0 Å². The number of pyridine rings is 1. The zero-order chi connectivity index (χ0) is 30.5. The van der Waals surface area contributed by atoms with Crippen LogP contribution in [0.5, 0.6) is 0 Å². The number of thiophene rings is 1. The van der Waals surface area contributed by atoms with E-state index in [1.54, 1.807) is 11.3 Å². The van der Waals surface area contributed by atoms with Gasteiger partial charge in [-0.15, -0.1) is 11.3 Å². The third-order valence-electron chi connectivity index (χ3n) is 8.92. The first-order chi connectivity index (χ1) is 22.8. The van der Waals surface area contributed by atoms with Crippen LogP contribution in [0.4, 0.5) is 17.1 Å². The number of hydrogen-bond donors (Lipinski definition) is 0. The first-order valence-corrected chi connectivity index (χ1v) is 16.4. The van der Waals surface area contributed by atoms with Crippen LogP contribution < -0.4 is 4.90 Å². The molecule has 2 heterocycles. The SMILES string of the molecule is c1ccc(-c2ccc(N(c3ccc(-c4cc5ccccc5c5ccccc45)cc3)c3ccnc4c3sc3ccccc34)cc2)cc1. The number of nitrogens with zero attached hydrogens (tertiary/aromatic N) is 2. The summed E-state index contributed by atoms with van der Waals surface area (Å²) in [5, 5.41) is 6.28. The third-order valence-corrected chi connectivity index (χ3v) is 10.1. The molecule has 0 saturated heterocycles. The van der Waals surface area contributed by atoms with Crippen LogP contribution in [-0.4, -0.2) is 4.98 Å². The monoisotopic (exact) mass is 604 g/mol. The fourth-order valence-electron chi connectivity index (χ4n) is 6.71. The Labute approximate surface area is 271 Å². The van der Waals surface area contributed by atoms with Crippen LogP contribution in [0.3, 0.4) is 0 Å². The molecule has 0 amide bonds. The molecule has 0 spiro atoms. The summed E-state index contributed by atoms with van der Waals surface area (Å²) in [7, 11) is 0. The van der Waals surface area contributed by atoms with E-state index in [1.165, 1.54) is 58.6 Å². The highest BCUT2D eigenvalue weighted by molar-refractivity contribution is 7.26. The molecule has 0 aliphatic carbocycles. The summed E-state index contributed by atoms with van der Waals surface area (Å²) in [6.07, 6.45) is 1.94. The molecule has 0 aliphatic heterocycles. The minimum Gasteiger partial charge on any atom is -0.309 e. The summed E-state index contributed by atoms with van der Waals surface area (Å²) < 4.78 is 2.43. The molecule has 2 aromatic heterocycles. The lowest BCUT2D eigenvalue weighted by molar-refractivity contribution is 1.29. The van der Waals surface area contributed by atoms with Gasteiger partial charge in [0.25, 0.3) is 0 Å². The molecule has 0 atom stereocenters. The second-order valence-corrected chi connectivity index (χ2v) is 12.6. The van der Waals surface area contributed by atoms with Crippen molar-refractivity contribution in [2.75, 3.05) is 4.90 Å². The zero-order valence-corrected chi connectivity index (χ0v) is 25.8. The third kappa shape index (κ3) is 4.44. The van der Waals surface area contributed by atoms with Crippen molar-refractivity contribution in [3.05, 3.63) is 170 Å². The van der Waals surface area contributed by atoms with E-state index in [9.17, 15) is 0 Å². The Morgan fingerprint density at radius 2 is 1.04 bits per heavy atom. The van der Waals surface area contributed by atoms with Gasteiger partial charge in [-0.05, 0) is 86.3 Å². The minimum atomic E-state index is 1.04. The predicted molar refractivity (Wildman–Crippen MR) is 198 cm³/mol. The van der Waals surface area contributed by atoms with E-state index < -0.39 is 0 Å². The number of hydrogen-bond acceptors (Lipinski definition) is 3. The number of rotatable bonds is 5. The van der Waals surface area contributed by atoms with Crippen LogP contribution in [0.2, 0.25) is 0 Å². The van der Waals surface area contributed by atoms with Crippen molar-refractivity contribution >= 4 is 70.2 Å². The number of fused-ring (bicyclic) bond motifs is 6. The quantitative estimate of drug-likeness (QED) is 0.182. The van der Waals surface area contributed by atoms with E-state index >= 15 is 0 Å². The molecule has 9 rings (SSSR count). The Morgan fingerprint density at radius 3 is 1.80 bits per heavy atom. The summed E-state index contributed by atoms with van der Waals surface area (Å²) in [6, 6.07) is 58.9. The molecule has 0 fully saturated rings. The predicted octanol–water partition coefficient (Wildman–Crippen LogP) is 12.6. The van der Waals surface area contributed by atoms with Gasteiger partial charge in [0.05, 0.1) is 15.9 Å². The molecule has 9 aromatic rings. The van der Waals surface area contributed by atoms with Gasteiger partial charge in [-0.3, -0.25) is 4.98 Å². The molecule has 7 aromatic carbocycles. The van der Waals surface area contributed by atoms with Crippen LogP contribution in [0.25, 0.3) is 64.1 Å². The van der Waals surface area contributed by atoms with E-state index in [0.29, 0.717) is 0 Å². The first kappa shape index (κ1) is 26.6. The topological polar surface area (TPSA) is 16.1 Å². The van der Waals surface area contributed by atoms with Gasteiger partial charge in [-0.1, -0.05) is 121 Å². The second kappa shape index (κ2) is 11.0. The molecule has 46 heavy (non-hydrogen) atoms. The highest BCUT2D eigenvalue weighted by Gasteiger charge is 2.19. The lowest BCUT2D eigenvalue weighted by Gasteiger charge is -2.26. The lowest BCUT2D eigenvalue weighted by atomic mass is 9.93. The number of aromatic nitrogens is 1. The van der Waals surface area contributed by atoms with E-state index in [-0.39, 0.29) is 0 Å². The molecule has 216 valence electrons. The highest BCUT2D eigenvalue weighted by Crippen LogP contribution is 2.45. The second-order valence-electron chi connectivity index (χ2n) is 11.6. The largest absolute Gasteiger partial charge is 0.309 e. The van der Waals surface area contributed by atoms with E-state index in [2.05, 4.69) is 169 Å². The summed E-state index contributed by atoms with van der Waals surface area (Å²) in [4.78, 5) is 7.22. The van der Waals surface area contributed by atoms with Crippen molar-refractivity contribution in [2.45, 2.75) is 0 Å². The van der Waals surface area contributed by atoms with Crippen molar-refractivity contribution < 1.29 is 0 Å². The Hall–Kier alpha value is -5.77. The van der Waals surface area contributed by atoms with Gasteiger partial charge in [0, 0.05) is 27.7 Å². The molecule has 0 radical (unpaired) electrons. The van der Waals surface area contributed by atoms with Crippen LogP contribution in [0, 0.1) is 0 Å². The smallest absolute Gasteiger partial charge is 0.0909 e. The fraction of sp³-hybridized carbons (Fsp3) is 0. The molecule has 2 nitrogen and oxygen atoms in total. The Balaban J connectivity index is 1.21. The van der Waals surface area contributed by atoms with Gasteiger partial charge in [0.1, 0.15) is 0 Å². The average molecular weight is 605 g/mol. The van der Waals surface area contributed by atoms with Gasteiger partial charge in [0.2, 0.25) is 0 Å². The van der Waals surface area contributed by atoms with E-state index in [0.717, 1.165) is 22.6 Å². The van der Waals surface area contributed by atoms with Crippen molar-refractivity contribution in [3.63, 3.8) is 0 Å². The molecule has 0 unspecified atom stereocenters. The molecule has 3 heteroatoms. The minimum absolute atomic E-state index is 1.04. The fourth-order valence-corrected chi connectivity index (χ4v) is 7.88. The summed E-state index contributed by atoms with van der Waals surface area (Å²) >= 11 is 1.80. The highest BCUT2D eigenvalue weighted by atomic mass is 32.1. The summed E-state index contributed by atoms with van der Waals surface area (Å²) in [5.41, 5.74) is 9.24.